The van der Waals surface area contributed by atoms with Gasteiger partial charge in [0.2, 0.25) is 5.13 Å². The second-order valence-corrected chi connectivity index (χ2v) is 5.46. The fraction of sp³-hybridized carbons (Fsp3) is 0.364. The largest absolute Gasteiger partial charge is 0.286 e. The summed E-state index contributed by atoms with van der Waals surface area (Å²) in [7, 11) is 0. The number of benzene rings is 1. The molecule has 0 saturated carbocycles. The summed E-state index contributed by atoms with van der Waals surface area (Å²) in [6.45, 7) is 5.83. The predicted octanol–water partition coefficient (Wildman–Crippen LogP) is 3.29. The predicted molar refractivity (Wildman–Crippen MR) is 63.6 cm³/mol. The van der Waals surface area contributed by atoms with Crippen LogP contribution >= 0.6 is 11.3 Å². The van der Waals surface area contributed by atoms with E-state index in [4.69, 9.17) is 0 Å². The van der Waals surface area contributed by atoms with Crippen LogP contribution in [-0.4, -0.2) is 15.7 Å². The molecule has 0 spiro atoms. The number of thiazole rings is 1. The highest BCUT2D eigenvalue weighted by molar-refractivity contribution is 7.22. The highest BCUT2D eigenvalue weighted by Crippen LogP contribution is 2.30. The lowest BCUT2D eigenvalue weighted by molar-refractivity contribution is 0.181. The minimum atomic E-state index is -0.326. The summed E-state index contributed by atoms with van der Waals surface area (Å²) < 4.78 is 1.09. The highest BCUT2D eigenvalue weighted by atomic mass is 32.1. The Labute approximate surface area is 92.9 Å². The van der Waals surface area contributed by atoms with Crippen LogP contribution in [0.5, 0.6) is 0 Å². The molecule has 2 aromatic rings. The minimum Gasteiger partial charge on any atom is -0.286 e. The number of rotatable bonds is 1. The molecule has 0 aliphatic rings. The van der Waals surface area contributed by atoms with Gasteiger partial charge in [0, 0.05) is 0 Å². The van der Waals surface area contributed by atoms with Crippen LogP contribution in [0.25, 0.3) is 10.2 Å². The van der Waals surface area contributed by atoms with Gasteiger partial charge in [0.05, 0.1) is 15.8 Å². The number of para-hydroxylation sites is 1. The van der Waals surface area contributed by atoms with Crippen LogP contribution in [0.4, 0.5) is 5.13 Å². The van der Waals surface area contributed by atoms with E-state index in [2.05, 4.69) is 4.98 Å². The zero-order chi connectivity index (χ0) is 11.1. The molecule has 80 valence electrons. The van der Waals surface area contributed by atoms with Gasteiger partial charge < -0.3 is 0 Å². The Bertz CT molecular complexity index is 440. The minimum absolute atomic E-state index is 0.326. The molecule has 1 N–H and O–H groups in total. The maximum atomic E-state index is 9.94. The zero-order valence-electron chi connectivity index (χ0n) is 9.06. The molecule has 1 heterocycles. The van der Waals surface area contributed by atoms with Crippen molar-refractivity contribution in [3.63, 3.8) is 0 Å². The Morgan fingerprint density at radius 1 is 1.27 bits per heavy atom. The van der Waals surface area contributed by atoms with Crippen molar-refractivity contribution in [3.8, 4) is 0 Å². The van der Waals surface area contributed by atoms with Crippen molar-refractivity contribution in [1.82, 2.24) is 4.98 Å². The molecule has 2 rings (SSSR count). The number of anilines is 1. The topological polar surface area (TPSA) is 36.4 Å². The van der Waals surface area contributed by atoms with E-state index >= 15 is 0 Å². The van der Waals surface area contributed by atoms with Crippen LogP contribution in [0.2, 0.25) is 0 Å². The van der Waals surface area contributed by atoms with Crippen molar-refractivity contribution in [3.05, 3.63) is 24.3 Å². The maximum Gasteiger partial charge on any atom is 0.211 e. The lowest BCUT2D eigenvalue weighted by Gasteiger charge is -2.28. The third-order valence-electron chi connectivity index (χ3n) is 2.10. The number of aromatic nitrogens is 1. The fourth-order valence-electron chi connectivity index (χ4n) is 1.24. The van der Waals surface area contributed by atoms with Gasteiger partial charge in [0.25, 0.3) is 0 Å². The van der Waals surface area contributed by atoms with Crippen LogP contribution in [0.3, 0.4) is 0 Å². The highest BCUT2D eigenvalue weighted by Gasteiger charge is 2.22. The number of hydrogen-bond donors (Lipinski definition) is 1. The molecule has 0 amide bonds. The van der Waals surface area contributed by atoms with E-state index in [9.17, 15) is 5.21 Å². The first-order chi connectivity index (χ1) is 6.98. The summed E-state index contributed by atoms with van der Waals surface area (Å²) in [6, 6.07) is 7.88. The molecule has 3 nitrogen and oxygen atoms in total. The molecule has 0 aliphatic carbocycles. The molecule has 0 fully saturated rings. The summed E-state index contributed by atoms with van der Waals surface area (Å²) >= 11 is 1.50. The van der Waals surface area contributed by atoms with Crippen molar-refractivity contribution in [2.75, 3.05) is 5.06 Å². The van der Waals surface area contributed by atoms with Gasteiger partial charge in [0.1, 0.15) is 0 Å². The first kappa shape index (κ1) is 10.4. The fourth-order valence-corrected chi connectivity index (χ4v) is 2.30. The average molecular weight is 222 g/mol. The van der Waals surface area contributed by atoms with Crippen molar-refractivity contribution < 1.29 is 5.21 Å². The van der Waals surface area contributed by atoms with Gasteiger partial charge in [-0.05, 0) is 32.9 Å². The van der Waals surface area contributed by atoms with Gasteiger partial charge in [-0.3, -0.25) is 5.21 Å². The Morgan fingerprint density at radius 3 is 2.53 bits per heavy atom. The SMILES string of the molecule is CC(C)(C)N(O)c1nc2ccccc2s1. The van der Waals surface area contributed by atoms with Gasteiger partial charge in [-0.25, -0.2) is 10.0 Å². The van der Waals surface area contributed by atoms with Crippen LogP contribution < -0.4 is 5.06 Å². The van der Waals surface area contributed by atoms with E-state index in [0.29, 0.717) is 5.13 Å². The Morgan fingerprint density at radius 2 is 1.93 bits per heavy atom. The maximum absolute atomic E-state index is 9.94. The van der Waals surface area contributed by atoms with Crippen LogP contribution in [0, 0.1) is 0 Å². The third-order valence-corrected chi connectivity index (χ3v) is 3.11. The number of fused-ring (bicyclic) bond motifs is 1. The molecule has 4 heteroatoms. The van der Waals surface area contributed by atoms with E-state index in [-0.39, 0.29) is 5.54 Å². The van der Waals surface area contributed by atoms with Crippen molar-refractivity contribution >= 4 is 26.7 Å². The Balaban J connectivity index is 2.45. The van der Waals surface area contributed by atoms with Gasteiger partial charge in [-0.2, -0.15) is 0 Å². The Hall–Kier alpha value is -1.13. The summed E-state index contributed by atoms with van der Waals surface area (Å²) in [6.07, 6.45) is 0. The molecule has 0 radical (unpaired) electrons. The molecule has 0 atom stereocenters. The average Bonchev–Trinajstić information content (AvgIpc) is 2.58. The Kier molecular flexibility index (Phi) is 2.40. The number of hydrogen-bond acceptors (Lipinski definition) is 4. The van der Waals surface area contributed by atoms with Crippen molar-refractivity contribution in [1.29, 1.82) is 0 Å². The molecular weight excluding hydrogens is 208 g/mol. The van der Waals surface area contributed by atoms with Crippen molar-refractivity contribution in [2.24, 2.45) is 0 Å². The molecule has 0 unspecified atom stereocenters. The van der Waals surface area contributed by atoms with Gasteiger partial charge in [0.15, 0.2) is 0 Å². The van der Waals surface area contributed by atoms with E-state index in [0.717, 1.165) is 10.2 Å². The van der Waals surface area contributed by atoms with E-state index in [1.54, 1.807) is 0 Å². The summed E-state index contributed by atoms with van der Waals surface area (Å²) in [5.41, 5.74) is 0.606. The first-order valence-corrected chi connectivity index (χ1v) is 5.65. The molecule has 0 aliphatic heterocycles. The monoisotopic (exact) mass is 222 g/mol. The van der Waals surface area contributed by atoms with Gasteiger partial charge in [-0.15, -0.1) is 0 Å². The quantitative estimate of drug-likeness (QED) is 0.752. The normalized spacial score (nSPS) is 12.0. The third kappa shape index (κ3) is 1.96. The molecular formula is C11H14N2OS. The molecule has 15 heavy (non-hydrogen) atoms. The van der Waals surface area contributed by atoms with E-state index in [1.807, 2.05) is 45.0 Å². The van der Waals surface area contributed by atoms with Crippen LogP contribution in [-0.2, 0) is 0 Å². The van der Waals surface area contributed by atoms with E-state index < -0.39 is 0 Å². The van der Waals surface area contributed by atoms with Crippen LogP contribution in [0.15, 0.2) is 24.3 Å². The smallest absolute Gasteiger partial charge is 0.211 e. The second-order valence-electron chi connectivity index (χ2n) is 4.45. The molecule has 0 bridgehead atoms. The zero-order valence-corrected chi connectivity index (χ0v) is 9.88. The number of nitrogens with zero attached hydrogens (tertiary/aromatic N) is 2. The van der Waals surface area contributed by atoms with Crippen LogP contribution in [0.1, 0.15) is 20.8 Å². The van der Waals surface area contributed by atoms with Gasteiger partial charge in [-0.1, -0.05) is 23.5 Å². The number of hydroxylamine groups is 1. The summed E-state index contributed by atoms with van der Waals surface area (Å²) in [5, 5.41) is 11.8. The van der Waals surface area contributed by atoms with Gasteiger partial charge >= 0.3 is 0 Å². The summed E-state index contributed by atoms with van der Waals surface area (Å²) in [4.78, 5) is 4.37. The lowest BCUT2D eigenvalue weighted by atomic mass is 10.1. The standard InChI is InChI=1S/C11H14N2OS/c1-11(2,3)13(14)10-12-8-6-4-5-7-9(8)15-10/h4-7,14H,1-3H3. The first-order valence-electron chi connectivity index (χ1n) is 4.83. The van der Waals surface area contributed by atoms with E-state index in [1.165, 1.54) is 16.4 Å². The lowest BCUT2D eigenvalue weighted by Crippen LogP contribution is -2.38. The summed E-state index contributed by atoms with van der Waals surface area (Å²) in [5.74, 6) is 0. The second kappa shape index (κ2) is 3.47. The molecule has 0 saturated heterocycles. The van der Waals surface area contributed by atoms with Crippen molar-refractivity contribution in [2.45, 2.75) is 26.3 Å². The molecule has 1 aromatic carbocycles. The molecule has 1 aromatic heterocycles.